The Morgan fingerprint density at radius 3 is 2.81 bits per heavy atom. The summed E-state index contributed by atoms with van der Waals surface area (Å²) in [7, 11) is 0. The maximum Gasteiger partial charge on any atom is 0.223 e. The SMILES string of the molecule is Clc1cc(-c2cc(-c3nn[nH]n3)ncn2)cc2ocnc12. The van der Waals surface area contributed by atoms with Crippen molar-refractivity contribution in [2.24, 2.45) is 0 Å². The topological polar surface area (TPSA) is 106 Å². The number of aromatic nitrogens is 7. The van der Waals surface area contributed by atoms with E-state index in [1.807, 2.05) is 6.07 Å². The van der Waals surface area contributed by atoms with Gasteiger partial charge in [-0.15, -0.1) is 10.2 Å². The first-order chi connectivity index (χ1) is 10.3. The lowest BCUT2D eigenvalue weighted by Gasteiger charge is -2.02. The normalized spacial score (nSPS) is 11.1. The molecule has 4 rings (SSSR count). The fraction of sp³-hybridized carbons (Fsp3) is 0. The van der Waals surface area contributed by atoms with E-state index < -0.39 is 0 Å². The Labute approximate surface area is 122 Å². The Hall–Kier alpha value is -2.87. The minimum absolute atomic E-state index is 0.394. The van der Waals surface area contributed by atoms with Crippen molar-refractivity contribution in [2.45, 2.75) is 0 Å². The zero-order chi connectivity index (χ0) is 14.2. The van der Waals surface area contributed by atoms with Crippen molar-refractivity contribution in [3.63, 3.8) is 0 Å². The van der Waals surface area contributed by atoms with Crippen LogP contribution in [0.5, 0.6) is 0 Å². The van der Waals surface area contributed by atoms with E-state index in [4.69, 9.17) is 16.0 Å². The van der Waals surface area contributed by atoms with E-state index in [0.717, 1.165) is 5.56 Å². The van der Waals surface area contributed by atoms with Gasteiger partial charge in [-0.25, -0.2) is 15.0 Å². The number of aromatic amines is 1. The summed E-state index contributed by atoms with van der Waals surface area (Å²) in [6, 6.07) is 5.34. The summed E-state index contributed by atoms with van der Waals surface area (Å²) in [4.78, 5) is 12.4. The van der Waals surface area contributed by atoms with Gasteiger partial charge < -0.3 is 4.42 Å². The number of oxazole rings is 1. The molecule has 0 aliphatic rings. The Balaban J connectivity index is 1.86. The zero-order valence-electron chi connectivity index (χ0n) is 10.4. The van der Waals surface area contributed by atoms with Crippen molar-refractivity contribution in [3.05, 3.63) is 35.9 Å². The number of hydrogen-bond donors (Lipinski definition) is 1. The molecule has 0 aliphatic heterocycles. The molecular formula is C12H6ClN7O. The first-order valence-electron chi connectivity index (χ1n) is 5.90. The molecule has 3 heterocycles. The van der Waals surface area contributed by atoms with Gasteiger partial charge in [-0.1, -0.05) is 11.6 Å². The summed E-state index contributed by atoms with van der Waals surface area (Å²) >= 11 is 6.19. The lowest BCUT2D eigenvalue weighted by molar-refractivity contribution is 0.602. The molecule has 8 nitrogen and oxygen atoms in total. The van der Waals surface area contributed by atoms with E-state index in [1.165, 1.54) is 12.7 Å². The number of fused-ring (bicyclic) bond motifs is 1. The minimum atomic E-state index is 0.394. The molecule has 4 aromatic rings. The Bertz CT molecular complexity index is 918. The average molecular weight is 300 g/mol. The van der Waals surface area contributed by atoms with Gasteiger partial charge >= 0.3 is 0 Å². The fourth-order valence-electron chi connectivity index (χ4n) is 1.98. The monoisotopic (exact) mass is 299 g/mol. The molecule has 0 aliphatic carbocycles. The minimum Gasteiger partial charge on any atom is -0.443 e. The van der Waals surface area contributed by atoms with Gasteiger partial charge in [0.1, 0.15) is 17.5 Å². The third kappa shape index (κ3) is 2.01. The van der Waals surface area contributed by atoms with E-state index in [9.17, 15) is 0 Å². The van der Waals surface area contributed by atoms with Crippen LogP contribution < -0.4 is 0 Å². The van der Waals surface area contributed by atoms with Crippen LogP contribution in [-0.2, 0) is 0 Å². The largest absolute Gasteiger partial charge is 0.443 e. The van der Waals surface area contributed by atoms with Crippen LogP contribution in [0.4, 0.5) is 0 Å². The van der Waals surface area contributed by atoms with Gasteiger partial charge in [0.15, 0.2) is 12.0 Å². The van der Waals surface area contributed by atoms with Crippen molar-refractivity contribution in [2.75, 3.05) is 0 Å². The van der Waals surface area contributed by atoms with Gasteiger partial charge in [-0.05, 0) is 23.4 Å². The fourth-order valence-corrected chi connectivity index (χ4v) is 2.24. The smallest absolute Gasteiger partial charge is 0.223 e. The average Bonchev–Trinajstić information content (AvgIpc) is 3.19. The second-order valence-corrected chi connectivity index (χ2v) is 4.59. The van der Waals surface area contributed by atoms with Crippen molar-refractivity contribution >= 4 is 22.7 Å². The number of nitrogens with one attached hydrogen (secondary N) is 1. The molecule has 0 saturated heterocycles. The maximum atomic E-state index is 6.19. The second kappa shape index (κ2) is 4.60. The highest BCUT2D eigenvalue weighted by Crippen LogP contribution is 2.29. The number of H-pyrrole nitrogens is 1. The highest BCUT2D eigenvalue weighted by Gasteiger charge is 2.11. The van der Waals surface area contributed by atoms with Crippen molar-refractivity contribution in [3.8, 4) is 22.8 Å². The molecule has 9 heteroatoms. The standard InChI is InChI=1S/C12H6ClN7O/c13-7-1-6(2-10-11(7)16-5-21-10)8-3-9(15-4-14-8)12-17-19-20-18-12/h1-5H,(H,17,18,19,20). The van der Waals surface area contributed by atoms with Crippen LogP contribution >= 0.6 is 11.6 Å². The third-order valence-corrected chi connectivity index (χ3v) is 3.22. The van der Waals surface area contributed by atoms with E-state index in [1.54, 1.807) is 12.1 Å². The number of tetrazole rings is 1. The summed E-state index contributed by atoms with van der Waals surface area (Å²) in [5, 5.41) is 14.2. The van der Waals surface area contributed by atoms with Crippen LogP contribution in [0.2, 0.25) is 5.02 Å². The molecule has 1 aromatic carbocycles. The molecule has 0 unspecified atom stereocenters. The Kier molecular flexibility index (Phi) is 2.61. The lowest BCUT2D eigenvalue weighted by atomic mass is 10.1. The molecular weight excluding hydrogens is 294 g/mol. The molecule has 0 radical (unpaired) electrons. The van der Waals surface area contributed by atoms with E-state index in [-0.39, 0.29) is 0 Å². The molecule has 1 N–H and O–H groups in total. The molecule has 21 heavy (non-hydrogen) atoms. The van der Waals surface area contributed by atoms with E-state index in [2.05, 4.69) is 35.6 Å². The highest BCUT2D eigenvalue weighted by atomic mass is 35.5. The Morgan fingerprint density at radius 1 is 1.05 bits per heavy atom. The quantitative estimate of drug-likeness (QED) is 0.604. The van der Waals surface area contributed by atoms with Gasteiger partial charge in [0.2, 0.25) is 5.82 Å². The van der Waals surface area contributed by atoms with Crippen LogP contribution in [0.15, 0.2) is 35.3 Å². The molecule has 0 saturated carbocycles. The molecule has 0 amide bonds. The summed E-state index contributed by atoms with van der Waals surface area (Å²) in [6.07, 6.45) is 2.78. The highest BCUT2D eigenvalue weighted by molar-refractivity contribution is 6.35. The molecule has 3 aromatic heterocycles. The van der Waals surface area contributed by atoms with E-state index >= 15 is 0 Å². The number of halogens is 1. The predicted octanol–water partition coefficient (Wildman–Crippen LogP) is 2.12. The van der Waals surface area contributed by atoms with Crippen LogP contribution in [-0.4, -0.2) is 35.6 Å². The molecule has 0 atom stereocenters. The number of nitrogens with zero attached hydrogens (tertiary/aromatic N) is 6. The van der Waals surface area contributed by atoms with E-state index in [0.29, 0.717) is 33.3 Å². The summed E-state index contributed by atoms with van der Waals surface area (Å²) < 4.78 is 5.28. The first kappa shape index (κ1) is 11.9. The summed E-state index contributed by atoms with van der Waals surface area (Å²) in [5.74, 6) is 0.394. The first-order valence-corrected chi connectivity index (χ1v) is 6.28. The molecule has 0 bridgehead atoms. The Morgan fingerprint density at radius 2 is 1.95 bits per heavy atom. The van der Waals surface area contributed by atoms with Crippen LogP contribution in [0, 0.1) is 0 Å². The van der Waals surface area contributed by atoms with Gasteiger partial charge in [0, 0.05) is 5.56 Å². The molecule has 0 fully saturated rings. The van der Waals surface area contributed by atoms with Crippen molar-refractivity contribution < 1.29 is 4.42 Å². The second-order valence-electron chi connectivity index (χ2n) is 4.18. The summed E-state index contributed by atoms with van der Waals surface area (Å²) in [5.41, 5.74) is 3.23. The number of benzene rings is 1. The van der Waals surface area contributed by atoms with Gasteiger partial charge in [0.05, 0.1) is 10.7 Å². The maximum absolute atomic E-state index is 6.19. The van der Waals surface area contributed by atoms with Crippen LogP contribution in [0.25, 0.3) is 33.9 Å². The van der Waals surface area contributed by atoms with Gasteiger partial charge in [-0.3, -0.25) is 0 Å². The molecule has 0 spiro atoms. The predicted molar refractivity (Wildman–Crippen MR) is 73.2 cm³/mol. The third-order valence-electron chi connectivity index (χ3n) is 2.93. The zero-order valence-corrected chi connectivity index (χ0v) is 11.1. The van der Waals surface area contributed by atoms with Crippen LogP contribution in [0.3, 0.4) is 0 Å². The van der Waals surface area contributed by atoms with Crippen molar-refractivity contribution in [1.29, 1.82) is 0 Å². The van der Waals surface area contributed by atoms with Crippen LogP contribution in [0.1, 0.15) is 0 Å². The number of rotatable bonds is 2. The lowest BCUT2D eigenvalue weighted by Crippen LogP contribution is -1.91. The number of hydrogen-bond acceptors (Lipinski definition) is 7. The summed E-state index contributed by atoms with van der Waals surface area (Å²) in [6.45, 7) is 0. The molecule has 102 valence electrons. The van der Waals surface area contributed by atoms with Gasteiger partial charge in [0.25, 0.3) is 0 Å². The van der Waals surface area contributed by atoms with Gasteiger partial charge in [-0.2, -0.15) is 5.21 Å². The van der Waals surface area contributed by atoms with Crippen molar-refractivity contribution in [1.82, 2.24) is 35.6 Å².